The molecule has 7 nitrogen and oxygen atoms in total. The summed E-state index contributed by atoms with van der Waals surface area (Å²) >= 11 is 0. The quantitative estimate of drug-likeness (QED) is 0.340. The molecule has 0 atom stereocenters. The number of nitrogens with two attached hydrogens (primary N) is 1. The summed E-state index contributed by atoms with van der Waals surface area (Å²) in [6, 6.07) is 0.888. The van der Waals surface area contributed by atoms with Crippen molar-refractivity contribution < 1.29 is 14.3 Å². The highest BCUT2D eigenvalue weighted by molar-refractivity contribution is 5.93. The molecule has 0 rings (SSSR count). The fourth-order valence-electron chi connectivity index (χ4n) is 0.493. The lowest BCUT2D eigenvalue weighted by Crippen LogP contribution is -2.34. The Kier molecular flexibility index (Phi) is 4.31. The molecule has 0 saturated carbocycles. The van der Waals surface area contributed by atoms with Gasteiger partial charge in [0, 0.05) is 0 Å². The number of hydrogen-bond acceptors (Lipinski definition) is 5. The van der Waals surface area contributed by atoms with E-state index in [9.17, 15) is 9.59 Å². The van der Waals surface area contributed by atoms with Crippen molar-refractivity contribution in [3.8, 4) is 0 Å². The number of aliphatic imine (C=N–C) groups is 1. The predicted molar refractivity (Wildman–Crippen MR) is 48.8 cm³/mol. The Balaban J connectivity index is 4.08. The van der Waals surface area contributed by atoms with Crippen LogP contribution < -0.4 is 11.2 Å². The third-order valence-corrected chi connectivity index (χ3v) is 0.817. The van der Waals surface area contributed by atoms with Gasteiger partial charge < -0.3 is 10.6 Å². The number of hydrogen-bond donors (Lipinski definition) is 2. The molecule has 3 N–H and O–H groups in total. The molecule has 0 heterocycles. The average molecular weight is 200 g/mol. The molecule has 0 spiro atoms. The molecule has 14 heavy (non-hydrogen) atoms. The lowest BCUT2D eigenvalue weighted by atomic mass is 10.2. The minimum absolute atomic E-state index is 0.671. The second-order valence-corrected chi connectivity index (χ2v) is 3.27. The van der Waals surface area contributed by atoms with Gasteiger partial charge in [-0.25, -0.2) is 14.9 Å². The van der Waals surface area contributed by atoms with Gasteiger partial charge in [-0.15, -0.1) is 10.1 Å². The second-order valence-electron chi connectivity index (χ2n) is 3.27. The van der Waals surface area contributed by atoms with Crippen molar-refractivity contribution in [1.29, 1.82) is 0 Å². The number of urea groups is 1. The third-order valence-electron chi connectivity index (χ3n) is 0.817. The van der Waals surface area contributed by atoms with E-state index in [1.54, 1.807) is 20.8 Å². The maximum absolute atomic E-state index is 10.9. The predicted octanol–water partition coefficient (Wildman–Crippen LogP) is 0.679. The van der Waals surface area contributed by atoms with Crippen molar-refractivity contribution >= 4 is 18.1 Å². The van der Waals surface area contributed by atoms with Crippen LogP contribution in [-0.2, 0) is 4.74 Å². The molecule has 0 aromatic heterocycles. The largest absolute Gasteiger partial charge is 0.443 e. The van der Waals surface area contributed by atoms with E-state index in [-0.39, 0.29) is 0 Å². The second kappa shape index (κ2) is 4.98. The van der Waals surface area contributed by atoms with E-state index in [0.717, 1.165) is 0 Å². The number of carbonyl (C=O) groups is 2. The topological polar surface area (TPSA) is 106 Å². The van der Waals surface area contributed by atoms with E-state index < -0.39 is 17.7 Å². The summed E-state index contributed by atoms with van der Waals surface area (Å²) in [5.41, 5.74) is -0.671. The first-order valence-corrected chi connectivity index (χ1v) is 3.75. The molecule has 0 aromatic carbocycles. The minimum Gasteiger partial charge on any atom is -0.443 e. The van der Waals surface area contributed by atoms with E-state index in [1.807, 2.05) is 11.3 Å². The molecule has 0 aliphatic rings. The zero-order valence-electron chi connectivity index (χ0n) is 8.20. The van der Waals surface area contributed by atoms with Crippen LogP contribution in [0, 0.1) is 0 Å². The molecule has 3 amide bonds. The Morgan fingerprint density at radius 3 is 2.43 bits per heavy atom. The van der Waals surface area contributed by atoms with E-state index in [4.69, 9.17) is 4.74 Å². The van der Waals surface area contributed by atoms with Crippen molar-refractivity contribution in [3.05, 3.63) is 0 Å². The highest BCUT2D eigenvalue weighted by Crippen LogP contribution is 2.06. The Morgan fingerprint density at radius 1 is 1.43 bits per heavy atom. The number of imide groups is 1. The number of rotatable bonds is 0. The Bertz CT molecular complexity index is 286. The molecule has 0 aliphatic heterocycles. The van der Waals surface area contributed by atoms with Crippen LogP contribution in [0.2, 0.25) is 0 Å². The maximum Gasteiger partial charge on any atom is 0.415 e. The average Bonchev–Trinajstić information content (AvgIpc) is 1.96. The van der Waals surface area contributed by atoms with Gasteiger partial charge in [0.1, 0.15) is 11.6 Å². The van der Waals surface area contributed by atoms with E-state index >= 15 is 0 Å². The lowest BCUT2D eigenvalue weighted by molar-refractivity contribution is 0.0550. The van der Waals surface area contributed by atoms with Crippen LogP contribution in [0.25, 0.3) is 0 Å². The molecule has 0 aromatic rings. The highest BCUT2D eigenvalue weighted by atomic mass is 16.6. The first-order valence-electron chi connectivity index (χ1n) is 3.75. The van der Waals surface area contributed by atoms with Crippen LogP contribution in [-0.4, -0.2) is 23.7 Å². The maximum atomic E-state index is 10.9. The monoisotopic (exact) mass is 200 g/mol. The van der Waals surface area contributed by atoms with Crippen LogP contribution in [0.1, 0.15) is 20.8 Å². The minimum atomic E-state index is -0.937. The Morgan fingerprint density at radius 2 is 2.00 bits per heavy atom. The Labute approximate surface area is 81.0 Å². The number of alkyl carbamates (subject to hydrolysis) is 1. The number of hydrazone groups is 1. The lowest BCUT2D eigenvalue weighted by Gasteiger charge is -2.18. The van der Waals surface area contributed by atoms with Crippen LogP contribution in [0.3, 0.4) is 0 Å². The molecule has 0 aliphatic carbocycles. The van der Waals surface area contributed by atoms with Crippen LogP contribution in [0.4, 0.5) is 9.59 Å². The van der Waals surface area contributed by atoms with E-state index in [1.165, 1.54) is 0 Å². The molecular formula is C7H12N4O3. The van der Waals surface area contributed by atoms with Gasteiger partial charge >= 0.3 is 12.1 Å². The van der Waals surface area contributed by atoms with Gasteiger partial charge in [-0.05, 0) is 20.8 Å². The first-order chi connectivity index (χ1) is 6.35. The first kappa shape index (κ1) is 12.1. The number of ether oxygens (including phenoxy) is 1. The van der Waals surface area contributed by atoms with Crippen LogP contribution >= 0.6 is 0 Å². The zero-order valence-corrected chi connectivity index (χ0v) is 8.20. The van der Waals surface area contributed by atoms with Gasteiger partial charge in [-0.1, -0.05) is 0 Å². The molecular weight excluding hydrogens is 188 g/mol. The number of carbonyl (C=O) groups excluding carboxylic acids is 2. The van der Waals surface area contributed by atoms with Gasteiger partial charge in [-0.3, -0.25) is 0 Å². The van der Waals surface area contributed by atoms with E-state index in [2.05, 4.69) is 15.9 Å². The molecule has 0 bridgehead atoms. The van der Waals surface area contributed by atoms with Crippen molar-refractivity contribution in [2.45, 2.75) is 26.4 Å². The van der Waals surface area contributed by atoms with Crippen LogP contribution in [0.15, 0.2) is 10.1 Å². The highest BCUT2D eigenvalue weighted by Gasteiger charge is 2.17. The van der Waals surface area contributed by atoms with E-state index in [0.29, 0.717) is 0 Å². The van der Waals surface area contributed by atoms with Crippen molar-refractivity contribution in [2.24, 2.45) is 15.9 Å². The third kappa shape index (κ3) is 6.81. The number of nitrogens with one attached hydrogen (secondary N) is 1. The van der Waals surface area contributed by atoms with Gasteiger partial charge in [0.05, 0.1) is 0 Å². The smallest absolute Gasteiger partial charge is 0.415 e. The standard InChI is InChI=1S/C7H12N4O3/c1-7(2,3)14-6(13)11-5(12)9-4-10-8/h8H2,1-3H3,(H,11,12,13). The molecule has 0 unspecified atom stereocenters. The SMILES string of the molecule is CC(C)(C)OC(=O)NC(=O)N=C=NN. The summed E-state index contributed by atoms with van der Waals surface area (Å²) in [4.78, 5) is 24.7. The fourth-order valence-corrected chi connectivity index (χ4v) is 0.493. The number of amides is 3. The Hall–Kier alpha value is -1.88. The fraction of sp³-hybridized carbons (Fsp3) is 0.571. The van der Waals surface area contributed by atoms with Gasteiger partial charge in [-0.2, -0.15) is 0 Å². The summed E-state index contributed by atoms with van der Waals surface area (Å²) in [5, 5.41) is 4.65. The summed E-state index contributed by atoms with van der Waals surface area (Å²) in [5.74, 6) is 4.63. The van der Waals surface area contributed by atoms with Crippen molar-refractivity contribution in [1.82, 2.24) is 5.32 Å². The van der Waals surface area contributed by atoms with Crippen molar-refractivity contribution in [3.63, 3.8) is 0 Å². The molecule has 78 valence electrons. The zero-order chi connectivity index (χ0) is 11.2. The summed E-state index contributed by atoms with van der Waals surface area (Å²) in [7, 11) is 0. The summed E-state index contributed by atoms with van der Waals surface area (Å²) in [6.07, 6.45) is -0.884. The van der Waals surface area contributed by atoms with Crippen LogP contribution in [0.5, 0.6) is 0 Å². The number of nitrogens with zero attached hydrogens (tertiary/aromatic N) is 2. The van der Waals surface area contributed by atoms with Gasteiger partial charge in [0.25, 0.3) is 0 Å². The molecule has 0 saturated heterocycles. The van der Waals surface area contributed by atoms with Gasteiger partial charge in [0.2, 0.25) is 0 Å². The van der Waals surface area contributed by atoms with Crippen molar-refractivity contribution in [2.75, 3.05) is 0 Å². The summed E-state index contributed by atoms with van der Waals surface area (Å²) < 4.78 is 4.77. The molecule has 7 heteroatoms. The molecule has 0 radical (unpaired) electrons. The van der Waals surface area contributed by atoms with Gasteiger partial charge in [0.15, 0.2) is 0 Å². The summed E-state index contributed by atoms with van der Waals surface area (Å²) in [6.45, 7) is 5.00. The normalized spacial score (nSPS) is 9.64. The molecule has 0 fully saturated rings.